The van der Waals surface area contributed by atoms with Gasteiger partial charge in [0, 0.05) is 29.4 Å². The van der Waals surface area contributed by atoms with E-state index in [1.807, 2.05) is 0 Å². The summed E-state index contributed by atoms with van der Waals surface area (Å²) in [4.78, 5) is 12.4. The van der Waals surface area contributed by atoms with Gasteiger partial charge in [0.15, 0.2) is 5.84 Å². The van der Waals surface area contributed by atoms with Crippen molar-refractivity contribution in [2.45, 2.75) is 11.4 Å². The van der Waals surface area contributed by atoms with Crippen LogP contribution in [0.3, 0.4) is 0 Å². The molecular weight excluding hydrogens is 412 g/mol. The number of carbonyl (C=O) groups excluding carboxylic acids is 1. The molecule has 3 aromatic rings. The molecule has 0 saturated heterocycles. The van der Waals surface area contributed by atoms with Gasteiger partial charge < -0.3 is 10.6 Å². The summed E-state index contributed by atoms with van der Waals surface area (Å²) in [5, 5.41) is 5.54. The zero-order chi connectivity index (χ0) is 21.3. The maximum Gasteiger partial charge on any atom is 0.285 e. The van der Waals surface area contributed by atoms with Crippen LogP contribution in [0.4, 0.5) is 14.5 Å². The van der Waals surface area contributed by atoms with Crippen molar-refractivity contribution in [3.8, 4) is 0 Å². The van der Waals surface area contributed by atoms with E-state index in [0.717, 1.165) is 18.2 Å². The highest BCUT2D eigenvalue weighted by atomic mass is 32.2. The Kier molecular flexibility index (Phi) is 5.04. The van der Waals surface area contributed by atoms with Gasteiger partial charge in [-0.3, -0.25) is 4.79 Å². The number of hydrogen-bond acceptors (Lipinski definition) is 4. The number of anilines is 1. The Morgan fingerprint density at radius 2 is 1.60 bits per heavy atom. The van der Waals surface area contributed by atoms with Crippen LogP contribution in [0.15, 0.2) is 76.0 Å². The summed E-state index contributed by atoms with van der Waals surface area (Å²) in [5.41, 5.74) is 1.66. The quantitative estimate of drug-likeness (QED) is 0.668. The lowest BCUT2D eigenvalue weighted by atomic mass is 10.1. The number of sulfonamides is 1. The van der Waals surface area contributed by atoms with Crippen LogP contribution in [0.5, 0.6) is 0 Å². The molecule has 152 valence electrons. The molecule has 0 saturated carbocycles. The van der Waals surface area contributed by atoms with Crippen LogP contribution in [0.2, 0.25) is 0 Å². The molecule has 0 bridgehead atoms. The van der Waals surface area contributed by atoms with Gasteiger partial charge in [0.05, 0.1) is 0 Å². The number of rotatable bonds is 4. The third kappa shape index (κ3) is 4.06. The Bertz CT molecular complexity index is 1250. The first-order chi connectivity index (χ1) is 14.3. The van der Waals surface area contributed by atoms with Crippen LogP contribution in [-0.4, -0.2) is 20.2 Å². The molecule has 0 radical (unpaired) electrons. The molecule has 30 heavy (non-hydrogen) atoms. The van der Waals surface area contributed by atoms with Crippen LogP contribution in [0.1, 0.15) is 21.5 Å². The van der Waals surface area contributed by atoms with Crippen molar-refractivity contribution in [3.05, 3.63) is 95.1 Å². The Labute approximate surface area is 171 Å². The van der Waals surface area contributed by atoms with Crippen molar-refractivity contribution in [2.75, 3.05) is 5.32 Å². The summed E-state index contributed by atoms with van der Waals surface area (Å²) < 4.78 is 54.4. The summed E-state index contributed by atoms with van der Waals surface area (Å²) in [6, 6.07) is 15.8. The van der Waals surface area contributed by atoms with Gasteiger partial charge in [-0.2, -0.15) is 8.42 Å². The van der Waals surface area contributed by atoms with Gasteiger partial charge in [0.1, 0.15) is 16.5 Å². The third-order valence-corrected chi connectivity index (χ3v) is 5.75. The highest BCUT2D eigenvalue weighted by molar-refractivity contribution is 7.90. The molecule has 1 aliphatic heterocycles. The Hall–Kier alpha value is -3.59. The largest absolute Gasteiger partial charge is 0.348 e. The van der Waals surface area contributed by atoms with Crippen LogP contribution in [0, 0.1) is 11.6 Å². The molecule has 2 N–H and O–H groups in total. The molecule has 0 unspecified atom stereocenters. The zero-order valence-electron chi connectivity index (χ0n) is 15.4. The Balaban J connectivity index is 1.44. The molecule has 0 atom stereocenters. The number of nitrogens with one attached hydrogen (secondary N) is 2. The van der Waals surface area contributed by atoms with Gasteiger partial charge in [-0.05, 0) is 54.1 Å². The molecular formula is C21H15F2N3O3S. The fourth-order valence-electron chi connectivity index (χ4n) is 3.03. The fraction of sp³-hybridized carbons (Fsp3) is 0.0476. The normalized spacial score (nSPS) is 14.0. The number of halogens is 2. The molecule has 4 rings (SSSR count). The standard InChI is InChI=1S/C21H15F2N3O3S/c22-15-9-13(10-16(23)11-15)12-24-21(27)14-5-7-17(8-6-14)25-20-18-3-1-2-4-19(18)30(28,29)26-20/h1-11H,12H2,(H,24,27)(H,25,26). The van der Waals surface area contributed by atoms with E-state index in [2.05, 4.69) is 15.0 Å². The van der Waals surface area contributed by atoms with E-state index in [1.165, 1.54) is 6.07 Å². The lowest BCUT2D eigenvalue weighted by Crippen LogP contribution is -2.23. The summed E-state index contributed by atoms with van der Waals surface area (Å²) in [6.45, 7) is -0.0288. The highest BCUT2D eigenvalue weighted by Gasteiger charge is 2.28. The first kappa shape index (κ1) is 19.7. The van der Waals surface area contributed by atoms with Gasteiger partial charge in [-0.15, -0.1) is 4.40 Å². The van der Waals surface area contributed by atoms with E-state index in [-0.39, 0.29) is 17.3 Å². The second-order valence-electron chi connectivity index (χ2n) is 6.57. The number of amides is 1. The smallest absolute Gasteiger partial charge is 0.285 e. The van der Waals surface area contributed by atoms with E-state index < -0.39 is 27.6 Å². The summed E-state index contributed by atoms with van der Waals surface area (Å²) in [7, 11) is -3.73. The molecule has 0 spiro atoms. The van der Waals surface area contributed by atoms with Crippen LogP contribution in [0.25, 0.3) is 0 Å². The molecule has 1 aliphatic rings. The minimum Gasteiger partial charge on any atom is -0.348 e. The minimum atomic E-state index is -3.73. The zero-order valence-corrected chi connectivity index (χ0v) is 16.2. The van der Waals surface area contributed by atoms with Gasteiger partial charge in [-0.25, -0.2) is 8.78 Å². The predicted molar refractivity (Wildman–Crippen MR) is 108 cm³/mol. The van der Waals surface area contributed by atoms with Gasteiger partial charge >= 0.3 is 0 Å². The van der Waals surface area contributed by atoms with Crippen LogP contribution < -0.4 is 10.6 Å². The van der Waals surface area contributed by atoms with Gasteiger partial charge in [0.25, 0.3) is 15.9 Å². The number of hydrogen-bond donors (Lipinski definition) is 2. The summed E-state index contributed by atoms with van der Waals surface area (Å²) >= 11 is 0. The molecule has 1 heterocycles. The second kappa shape index (κ2) is 7.68. The van der Waals surface area contributed by atoms with Crippen molar-refractivity contribution in [1.29, 1.82) is 0 Å². The SMILES string of the molecule is O=C(NCc1cc(F)cc(F)c1)c1ccc(NC2=NS(=O)(=O)c3ccccc32)cc1. The van der Waals surface area contributed by atoms with Crippen LogP contribution >= 0.6 is 0 Å². The summed E-state index contributed by atoms with van der Waals surface area (Å²) in [6.07, 6.45) is 0. The maximum absolute atomic E-state index is 13.2. The monoisotopic (exact) mass is 427 g/mol. The maximum atomic E-state index is 13.2. The molecule has 3 aromatic carbocycles. The first-order valence-electron chi connectivity index (χ1n) is 8.86. The average Bonchev–Trinajstić information content (AvgIpc) is 2.96. The fourth-order valence-corrected chi connectivity index (χ4v) is 4.21. The van der Waals surface area contributed by atoms with Crippen molar-refractivity contribution in [2.24, 2.45) is 4.40 Å². The second-order valence-corrected chi connectivity index (χ2v) is 8.15. The molecule has 9 heteroatoms. The molecule has 0 aromatic heterocycles. The highest BCUT2D eigenvalue weighted by Crippen LogP contribution is 2.26. The Morgan fingerprint density at radius 1 is 0.933 bits per heavy atom. The number of benzene rings is 3. The minimum absolute atomic E-state index is 0.0288. The van der Waals surface area contributed by atoms with E-state index in [4.69, 9.17) is 0 Å². The van der Waals surface area contributed by atoms with Crippen molar-refractivity contribution >= 4 is 27.5 Å². The van der Waals surface area contributed by atoms with Crippen LogP contribution in [-0.2, 0) is 16.6 Å². The lowest BCUT2D eigenvalue weighted by Gasteiger charge is -2.09. The van der Waals surface area contributed by atoms with E-state index in [1.54, 1.807) is 42.5 Å². The van der Waals surface area contributed by atoms with Crippen molar-refractivity contribution in [3.63, 3.8) is 0 Å². The molecule has 6 nitrogen and oxygen atoms in total. The predicted octanol–water partition coefficient (Wildman–Crippen LogP) is 3.46. The van der Waals surface area contributed by atoms with Crippen molar-refractivity contribution < 1.29 is 22.0 Å². The van der Waals surface area contributed by atoms with Gasteiger partial charge in [0.2, 0.25) is 0 Å². The average molecular weight is 427 g/mol. The van der Waals surface area contributed by atoms with E-state index in [0.29, 0.717) is 22.4 Å². The number of nitrogens with zero attached hydrogens (tertiary/aromatic N) is 1. The number of amidine groups is 1. The van der Waals surface area contributed by atoms with E-state index >= 15 is 0 Å². The van der Waals surface area contributed by atoms with Gasteiger partial charge in [-0.1, -0.05) is 12.1 Å². The van der Waals surface area contributed by atoms with E-state index in [9.17, 15) is 22.0 Å². The molecule has 0 aliphatic carbocycles. The molecule has 1 amide bonds. The topological polar surface area (TPSA) is 87.6 Å². The van der Waals surface area contributed by atoms with Crippen molar-refractivity contribution in [1.82, 2.24) is 5.32 Å². The summed E-state index contributed by atoms with van der Waals surface area (Å²) in [5.74, 6) is -1.64. The molecule has 0 fully saturated rings. The first-order valence-corrected chi connectivity index (χ1v) is 10.3. The Morgan fingerprint density at radius 3 is 2.30 bits per heavy atom. The number of carbonyl (C=O) groups is 1. The lowest BCUT2D eigenvalue weighted by molar-refractivity contribution is 0.0951. The number of fused-ring (bicyclic) bond motifs is 1. The third-order valence-electron chi connectivity index (χ3n) is 4.42.